The monoisotopic (exact) mass is 575 g/mol. The van der Waals surface area contributed by atoms with Crippen LogP contribution in [0.25, 0.3) is 0 Å². The van der Waals surface area contributed by atoms with E-state index in [1.807, 2.05) is 80.6 Å². The largest absolute Gasteiger partial charge is 0.352 e. The first-order valence-corrected chi connectivity index (χ1v) is 16.3. The molecule has 1 unspecified atom stereocenters. The Labute approximate surface area is 244 Å². The van der Waals surface area contributed by atoms with Crippen molar-refractivity contribution in [1.29, 1.82) is 0 Å². The molecule has 4 rings (SSSR count). The van der Waals surface area contributed by atoms with Crippen LogP contribution in [0, 0.1) is 6.92 Å². The van der Waals surface area contributed by atoms with E-state index in [1.165, 1.54) is 4.31 Å². The molecule has 41 heavy (non-hydrogen) atoms. The van der Waals surface area contributed by atoms with Gasteiger partial charge in [0.05, 0.1) is 11.9 Å². The number of nitrogens with zero attached hydrogens (tertiary/aromatic N) is 2. The summed E-state index contributed by atoms with van der Waals surface area (Å²) < 4.78 is 27.3. The highest BCUT2D eigenvalue weighted by Gasteiger charge is 2.34. The normalized spacial score (nSPS) is 14.4. The van der Waals surface area contributed by atoms with Gasteiger partial charge >= 0.3 is 0 Å². The van der Waals surface area contributed by atoms with Crippen molar-refractivity contribution in [3.8, 4) is 0 Å². The molecule has 1 aliphatic carbocycles. The summed E-state index contributed by atoms with van der Waals surface area (Å²) in [5, 5.41) is 3.20. The molecule has 3 aromatic rings. The van der Waals surface area contributed by atoms with Gasteiger partial charge in [0.15, 0.2) is 0 Å². The number of sulfonamides is 1. The molecule has 1 atom stereocenters. The van der Waals surface area contributed by atoms with Crippen molar-refractivity contribution in [2.24, 2.45) is 0 Å². The van der Waals surface area contributed by atoms with E-state index < -0.39 is 28.5 Å². The van der Waals surface area contributed by atoms with Gasteiger partial charge in [0, 0.05) is 19.0 Å². The van der Waals surface area contributed by atoms with Crippen LogP contribution >= 0.6 is 0 Å². The average Bonchev–Trinajstić information content (AvgIpc) is 3.47. The second-order valence-electron chi connectivity index (χ2n) is 10.9. The number of hydrogen-bond donors (Lipinski definition) is 1. The van der Waals surface area contributed by atoms with Crippen LogP contribution in [-0.2, 0) is 39.0 Å². The minimum atomic E-state index is -3.80. The predicted molar refractivity (Wildman–Crippen MR) is 164 cm³/mol. The van der Waals surface area contributed by atoms with Gasteiger partial charge in [-0.3, -0.25) is 13.9 Å². The number of benzene rings is 3. The van der Waals surface area contributed by atoms with Crippen molar-refractivity contribution < 1.29 is 18.0 Å². The molecule has 0 spiro atoms. The Bertz CT molecular complexity index is 1440. The van der Waals surface area contributed by atoms with Crippen LogP contribution in [0.5, 0.6) is 0 Å². The molecule has 1 N–H and O–H groups in total. The SMILES string of the molecule is CCc1ccccc1N(CC(=O)N(Cc1ccccc1C)C(Cc1ccccc1)C(=O)NC1CCCC1)S(C)(=O)=O. The second-order valence-corrected chi connectivity index (χ2v) is 12.8. The standard InChI is InChI=1S/C33H41N3O4S/c1-4-27-17-10-13-21-30(27)36(41(3,39)40)24-32(37)35(23-28-18-9-8-14-25(28)2)31(22-26-15-6-5-7-16-26)33(38)34-29-19-11-12-20-29/h5-10,13-18,21,29,31H,4,11-12,19-20,22-24H2,1-3H3,(H,34,38). The van der Waals surface area contributed by atoms with Crippen molar-refractivity contribution in [3.63, 3.8) is 0 Å². The van der Waals surface area contributed by atoms with E-state index in [0.717, 1.165) is 54.2 Å². The highest BCUT2D eigenvalue weighted by Crippen LogP contribution is 2.25. The average molecular weight is 576 g/mol. The fraction of sp³-hybridized carbons (Fsp3) is 0.394. The lowest BCUT2D eigenvalue weighted by Gasteiger charge is -2.34. The van der Waals surface area contributed by atoms with Gasteiger partial charge in [-0.2, -0.15) is 0 Å². The Hall–Kier alpha value is -3.65. The zero-order valence-electron chi connectivity index (χ0n) is 24.3. The van der Waals surface area contributed by atoms with Crippen LogP contribution in [-0.4, -0.2) is 50.0 Å². The lowest BCUT2D eigenvalue weighted by Crippen LogP contribution is -2.54. The zero-order chi connectivity index (χ0) is 29.4. The fourth-order valence-corrected chi connectivity index (χ4v) is 6.42. The molecular weight excluding hydrogens is 534 g/mol. The maximum atomic E-state index is 14.3. The molecular formula is C33H41N3O4S. The number of amides is 2. The van der Waals surface area contributed by atoms with E-state index in [1.54, 1.807) is 17.0 Å². The quantitative estimate of drug-likeness (QED) is 0.329. The van der Waals surface area contributed by atoms with Crippen molar-refractivity contribution in [2.75, 3.05) is 17.1 Å². The van der Waals surface area contributed by atoms with Crippen LogP contribution in [0.2, 0.25) is 0 Å². The predicted octanol–water partition coefficient (Wildman–Crippen LogP) is 5.02. The highest BCUT2D eigenvalue weighted by atomic mass is 32.2. The molecule has 1 saturated carbocycles. The molecule has 3 aromatic carbocycles. The summed E-state index contributed by atoms with van der Waals surface area (Å²) >= 11 is 0. The summed E-state index contributed by atoms with van der Waals surface area (Å²) in [6.45, 7) is 3.72. The number of aryl methyl sites for hydroxylation is 2. The van der Waals surface area contributed by atoms with Gasteiger partial charge in [-0.1, -0.05) is 92.6 Å². The van der Waals surface area contributed by atoms with Gasteiger partial charge < -0.3 is 10.2 Å². The van der Waals surface area contributed by atoms with Crippen molar-refractivity contribution >= 4 is 27.5 Å². The molecule has 1 aliphatic rings. The van der Waals surface area contributed by atoms with Gasteiger partial charge in [-0.15, -0.1) is 0 Å². The van der Waals surface area contributed by atoms with Gasteiger partial charge in [0.1, 0.15) is 12.6 Å². The number of nitrogens with one attached hydrogen (secondary N) is 1. The maximum Gasteiger partial charge on any atom is 0.244 e. The zero-order valence-corrected chi connectivity index (χ0v) is 25.1. The summed E-state index contributed by atoms with van der Waals surface area (Å²) in [6, 6.07) is 23.9. The van der Waals surface area contributed by atoms with Gasteiger partial charge in [0.2, 0.25) is 21.8 Å². The molecule has 218 valence electrons. The fourth-order valence-electron chi connectivity index (χ4n) is 5.54. The molecule has 8 heteroatoms. The number of carbonyl (C=O) groups is 2. The molecule has 0 aliphatic heterocycles. The molecule has 7 nitrogen and oxygen atoms in total. The summed E-state index contributed by atoms with van der Waals surface area (Å²) in [5.41, 5.74) is 4.15. The summed E-state index contributed by atoms with van der Waals surface area (Å²) in [5.74, 6) is -0.630. The molecule has 1 fully saturated rings. The molecule has 0 bridgehead atoms. The Kier molecular flexibility index (Phi) is 10.2. The molecule has 0 heterocycles. The molecule has 2 amide bonds. The Balaban J connectivity index is 1.75. The van der Waals surface area contributed by atoms with E-state index in [2.05, 4.69) is 5.32 Å². The van der Waals surface area contributed by atoms with Crippen molar-refractivity contribution in [3.05, 3.63) is 101 Å². The molecule has 0 aromatic heterocycles. The van der Waals surface area contributed by atoms with Crippen LogP contribution in [0.3, 0.4) is 0 Å². The van der Waals surface area contributed by atoms with Crippen molar-refractivity contribution in [1.82, 2.24) is 10.2 Å². The summed E-state index contributed by atoms with van der Waals surface area (Å²) in [6.07, 6.45) is 6.04. The number of rotatable bonds is 12. The van der Waals surface area contributed by atoms with E-state index in [9.17, 15) is 18.0 Å². The van der Waals surface area contributed by atoms with Gasteiger partial charge in [-0.05, 0) is 54.5 Å². The third kappa shape index (κ3) is 7.97. The minimum Gasteiger partial charge on any atom is -0.352 e. The third-order valence-corrected chi connectivity index (χ3v) is 9.02. The first kappa shape index (κ1) is 30.3. The smallest absolute Gasteiger partial charge is 0.244 e. The van der Waals surface area contributed by atoms with E-state index in [-0.39, 0.29) is 18.5 Å². The number of para-hydroxylation sites is 1. The first-order chi connectivity index (χ1) is 19.7. The lowest BCUT2D eigenvalue weighted by molar-refractivity contribution is -0.140. The van der Waals surface area contributed by atoms with Crippen molar-refractivity contribution in [2.45, 2.75) is 71.0 Å². The Morgan fingerprint density at radius 2 is 1.51 bits per heavy atom. The summed E-state index contributed by atoms with van der Waals surface area (Å²) in [4.78, 5) is 29.8. The Morgan fingerprint density at radius 1 is 0.902 bits per heavy atom. The topological polar surface area (TPSA) is 86.8 Å². The second kappa shape index (κ2) is 13.8. The molecule has 0 radical (unpaired) electrons. The van der Waals surface area contributed by atoms with Crippen LogP contribution in [0.15, 0.2) is 78.9 Å². The molecule has 0 saturated heterocycles. The van der Waals surface area contributed by atoms with Gasteiger partial charge in [0.25, 0.3) is 0 Å². The summed E-state index contributed by atoms with van der Waals surface area (Å²) in [7, 11) is -3.80. The maximum absolute atomic E-state index is 14.3. The van der Waals surface area contributed by atoms with Crippen LogP contribution in [0.4, 0.5) is 5.69 Å². The lowest BCUT2D eigenvalue weighted by atomic mass is 10.0. The van der Waals surface area contributed by atoms with Crippen LogP contribution < -0.4 is 9.62 Å². The third-order valence-electron chi connectivity index (χ3n) is 7.90. The Morgan fingerprint density at radius 3 is 2.15 bits per heavy atom. The highest BCUT2D eigenvalue weighted by molar-refractivity contribution is 7.92. The van der Waals surface area contributed by atoms with E-state index in [4.69, 9.17) is 0 Å². The van der Waals surface area contributed by atoms with E-state index >= 15 is 0 Å². The van der Waals surface area contributed by atoms with Crippen LogP contribution in [0.1, 0.15) is 54.9 Å². The first-order valence-electron chi connectivity index (χ1n) is 14.4. The minimum absolute atomic E-state index is 0.0835. The number of hydrogen-bond acceptors (Lipinski definition) is 4. The number of anilines is 1. The number of carbonyl (C=O) groups excluding carboxylic acids is 2. The van der Waals surface area contributed by atoms with E-state index in [0.29, 0.717) is 18.5 Å². The van der Waals surface area contributed by atoms with Gasteiger partial charge in [-0.25, -0.2) is 8.42 Å².